The molecule has 2 unspecified atom stereocenters. The molecule has 22 heavy (non-hydrogen) atoms. The van der Waals surface area contributed by atoms with Gasteiger partial charge in [0.15, 0.2) is 0 Å². The summed E-state index contributed by atoms with van der Waals surface area (Å²) in [5.74, 6) is -5.53. The molecule has 1 rings (SSSR count). The van der Waals surface area contributed by atoms with E-state index in [1.807, 2.05) is 0 Å². The van der Waals surface area contributed by atoms with E-state index in [4.69, 9.17) is 9.84 Å². The van der Waals surface area contributed by atoms with E-state index in [0.29, 0.717) is 6.42 Å². The van der Waals surface area contributed by atoms with Crippen molar-refractivity contribution >= 4 is 17.9 Å². The number of rotatable bonds is 9. The molecule has 0 aliphatic carbocycles. The van der Waals surface area contributed by atoms with Crippen LogP contribution in [0.2, 0.25) is 0 Å². The van der Waals surface area contributed by atoms with Crippen LogP contribution in [0.1, 0.15) is 45.4 Å². The summed E-state index contributed by atoms with van der Waals surface area (Å²) < 4.78 is 14.1. The van der Waals surface area contributed by atoms with Crippen molar-refractivity contribution in [1.29, 1.82) is 0 Å². The SMILES string of the molecule is CCCCCCCC(=O)OC1(CO)OC(=O)C(CO)OC1=O. The fourth-order valence-corrected chi connectivity index (χ4v) is 1.95. The number of aliphatic hydroxyl groups is 2. The zero-order valence-electron chi connectivity index (χ0n) is 12.6. The van der Waals surface area contributed by atoms with Gasteiger partial charge in [-0.1, -0.05) is 32.6 Å². The lowest BCUT2D eigenvalue weighted by atomic mass is 10.1. The fraction of sp³-hybridized carbons (Fsp3) is 0.786. The van der Waals surface area contributed by atoms with Crippen LogP contribution in [0, 0.1) is 0 Å². The molecule has 0 spiro atoms. The Labute approximate surface area is 128 Å². The van der Waals surface area contributed by atoms with Gasteiger partial charge in [0.25, 0.3) is 0 Å². The van der Waals surface area contributed by atoms with E-state index in [9.17, 15) is 19.5 Å². The molecular formula is C14H22O8. The van der Waals surface area contributed by atoms with Gasteiger partial charge >= 0.3 is 23.7 Å². The number of hydrogen-bond donors (Lipinski definition) is 2. The first kappa shape index (κ1) is 18.4. The second kappa shape index (κ2) is 8.70. The molecular weight excluding hydrogens is 296 g/mol. The molecule has 0 saturated carbocycles. The average molecular weight is 318 g/mol. The van der Waals surface area contributed by atoms with Gasteiger partial charge in [-0.2, -0.15) is 0 Å². The Hall–Kier alpha value is -1.67. The van der Waals surface area contributed by atoms with E-state index in [1.54, 1.807) is 0 Å². The van der Waals surface area contributed by atoms with Gasteiger partial charge in [0.1, 0.15) is 6.61 Å². The Morgan fingerprint density at radius 1 is 1.23 bits per heavy atom. The molecule has 0 aromatic carbocycles. The summed E-state index contributed by atoms with van der Waals surface area (Å²) in [6, 6.07) is 0. The molecule has 1 aliphatic rings. The van der Waals surface area contributed by atoms with Crippen LogP contribution in [-0.2, 0) is 28.6 Å². The maximum Gasteiger partial charge on any atom is 0.396 e. The third-order valence-electron chi connectivity index (χ3n) is 3.23. The van der Waals surface area contributed by atoms with E-state index >= 15 is 0 Å². The first-order valence-corrected chi connectivity index (χ1v) is 7.36. The predicted molar refractivity (Wildman–Crippen MR) is 72.3 cm³/mol. The second-order valence-corrected chi connectivity index (χ2v) is 5.05. The number of unbranched alkanes of at least 4 members (excludes halogenated alkanes) is 4. The molecule has 8 nitrogen and oxygen atoms in total. The van der Waals surface area contributed by atoms with E-state index in [1.165, 1.54) is 0 Å². The van der Waals surface area contributed by atoms with Crippen molar-refractivity contribution in [1.82, 2.24) is 0 Å². The topological polar surface area (TPSA) is 119 Å². The molecule has 0 aromatic heterocycles. The highest BCUT2D eigenvalue weighted by atomic mass is 16.8. The van der Waals surface area contributed by atoms with E-state index < -0.39 is 43.0 Å². The normalized spacial score (nSPS) is 24.6. The van der Waals surface area contributed by atoms with E-state index in [0.717, 1.165) is 25.7 Å². The first-order chi connectivity index (χ1) is 10.5. The van der Waals surface area contributed by atoms with Crippen molar-refractivity contribution in [2.45, 2.75) is 57.3 Å². The lowest BCUT2D eigenvalue weighted by Gasteiger charge is -2.34. The van der Waals surface area contributed by atoms with Crippen molar-refractivity contribution in [2.24, 2.45) is 0 Å². The zero-order valence-corrected chi connectivity index (χ0v) is 12.6. The van der Waals surface area contributed by atoms with Gasteiger partial charge in [-0.05, 0) is 6.42 Å². The summed E-state index contributed by atoms with van der Waals surface area (Å²) in [6.45, 7) is 0.275. The quantitative estimate of drug-likeness (QED) is 0.452. The Bertz CT molecular complexity index is 408. The second-order valence-electron chi connectivity index (χ2n) is 5.05. The van der Waals surface area contributed by atoms with E-state index in [-0.39, 0.29) is 6.42 Å². The van der Waals surface area contributed by atoms with E-state index in [2.05, 4.69) is 16.4 Å². The summed E-state index contributed by atoms with van der Waals surface area (Å²) in [5, 5.41) is 18.1. The monoisotopic (exact) mass is 318 g/mol. The summed E-state index contributed by atoms with van der Waals surface area (Å²) in [5.41, 5.74) is 0. The third kappa shape index (κ3) is 4.67. The maximum atomic E-state index is 11.8. The smallest absolute Gasteiger partial charge is 0.396 e. The molecule has 1 heterocycles. The number of aliphatic hydroxyl groups excluding tert-OH is 2. The molecule has 2 N–H and O–H groups in total. The van der Waals surface area contributed by atoms with Gasteiger partial charge in [-0.3, -0.25) is 4.79 Å². The van der Waals surface area contributed by atoms with Crippen molar-refractivity contribution in [3.63, 3.8) is 0 Å². The number of cyclic esters (lactones) is 2. The number of esters is 3. The molecule has 0 amide bonds. The molecule has 0 aromatic rings. The molecule has 0 bridgehead atoms. The highest BCUT2D eigenvalue weighted by molar-refractivity contribution is 5.91. The van der Waals surface area contributed by atoms with Gasteiger partial charge < -0.3 is 24.4 Å². The fourth-order valence-electron chi connectivity index (χ4n) is 1.95. The van der Waals surface area contributed by atoms with Crippen molar-refractivity contribution in [3.8, 4) is 0 Å². The molecule has 1 saturated heterocycles. The number of carbonyl (C=O) groups is 3. The number of hydrogen-bond acceptors (Lipinski definition) is 8. The van der Waals surface area contributed by atoms with Crippen LogP contribution < -0.4 is 0 Å². The van der Waals surface area contributed by atoms with Gasteiger partial charge in [0.05, 0.1) is 6.61 Å². The van der Waals surface area contributed by atoms with Gasteiger partial charge in [-0.15, -0.1) is 0 Å². The Morgan fingerprint density at radius 3 is 2.50 bits per heavy atom. The van der Waals surface area contributed by atoms with Crippen LogP contribution in [-0.4, -0.2) is 53.2 Å². The summed E-state index contributed by atoms with van der Waals surface area (Å²) >= 11 is 0. The molecule has 1 aliphatic heterocycles. The minimum atomic E-state index is -2.47. The summed E-state index contributed by atoms with van der Waals surface area (Å²) in [6.07, 6.45) is 3.12. The molecule has 126 valence electrons. The number of carbonyl (C=O) groups excluding carboxylic acids is 3. The standard InChI is InChI=1S/C14H22O8/c1-2-3-4-5-6-7-11(17)21-14(9-16)13(19)20-10(8-15)12(18)22-14/h10,15-16H,2-9H2,1H3. The lowest BCUT2D eigenvalue weighted by Crippen LogP contribution is -2.59. The number of ether oxygens (including phenoxy) is 3. The van der Waals surface area contributed by atoms with Crippen LogP contribution in [0.4, 0.5) is 0 Å². The molecule has 1 fully saturated rings. The van der Waals surface area contributed by atoms with Crippen molar-refractivity contribution in [2.75, 3.05) is 13.2 Å². The van der Waals surface area contributed by atoms with Gasteiger partial charge in [-0.25, -0.2) is 9.59 Å². The molecule has 8 heteroatoms. The summed E-state index contributed by atoms with van der Waals surface area (Å²) in [7, 11) is 0. The van der Waals surface area contributed by atoms with Crippen LogP contribution in [0.15, 0.2) is 0 Å². The van der Waals surface area contributed by atoms with Gasteiger partial charge in [0.2, 0.25) is 6.10 Å². The first-order valence-electron chi connectivity index (χ1n) is 7.36. The third-order valence-corrected chi connectivity index (χ3v) is 3.23. The molecule has 0 radical (unpaired) electrons. The van der Waals surface area contributed by atoms with Crippen LogP contribution in [0.5, 0.6) is 0 Å². The Kier molecular flexibility index (Phi) is 7.26. The van der Waals surface area contributed by atoms with Crippen molar-refractivity contribution < 1.29 is 38.8 Å². The van der Waals surface area contributed by atoms with Crippen LogP contribution in [0.3, 0.4) is 0 Å². The highest BCUT2D eigenvalue weighted by Crippen LogP contribution is 2.24. The minimum absolute atomic E-state index is 0.0414. The van der Waals surface area contributed by atoms with Crippen molar-refractivity contribution in [3.05, 3.63) is 0 Å². The highest BCUT2D eigenvalue weighted by Gasteiger charge is 2.54. The van der Waals surface area contributed by atoms with Crippen LogP contribution in [0.25, 0.3) is 0 Å². The average Bonchev–Trinajstić information content (AvgIpc) is 2.50. The largest absolute Gasteiger partial charge is 0.442 e. The summed E-state index contributed by atoms with van der Waals surface area (Å²) in [4.78, 5) is 35.0. The lowest BCUT2D eigenvalue weighted by molar-refractivity contribution is -0.271. The van der Waals surface area contributed by atoms with Gasteiger partial charge in [0, 0.05) is 6.42 Å². The zero-order chi connectivity index (χ0) is 16.6. The Balaban J connectivity index is 2.54. The molecule has 2 atom stereocenters. The predicted octanol–water partition coefficient (Wildman–Crippen LogP) is 0.0396. The minimum Gasteiger partial charge on any atom is -0.442 e. The van der Waals surface area contributed by atoms with Crippen LogP contribution >= 0.6 is 0 Å². The maximum absolute atomic E-state index is 11.8. The Morgan fingerprint density at radius 2 is 1.91 bits per heavy atom.